The Morgan fingerprint density at radius 3 is 2.61 bits per heavy atom. The minimum Gasteiger partial charge on any atom is -0.352 e. The fourth-order valence-corrected chi connectivity index (χ4v) is 3.19. The third-order valence-corrected chi connectivity index (χ3v) is 4.26. The summed E-state index contributed by atoms with van der Waals surface area (Å²) in [5.74, 6) is 0.644. The van der Waals surface area contributed by atoms with Crippen LogP contribution in [0.3, 0.4) is 0 Å². The fraction of sp³-hybridized carbons (Fsp3) is 0.588. The van der Waals surface area contributed by atoms with Gasteiger partial charge in [0, 0.05) is 19.0 Å². The van der Waals surface area contributed by atoms with Crippen molar-refractivity contribution in [3.8, 4) is 0 Å². The van der Waals surface area contributed by atoms with E-state index in [2.05, 4.69) is 48.6 Å². The first-order valence-corrected chi connectivity index (χ1v) is 7.80. The molecule has 0 radical (unpaired) electrons. The van der Waals surface area contributed by atoms with Crippen LogP contribution in [-0.4, -0.2) is 31.4 Å². The maximum Gasteiger partial charge on any atom is 0.223 e. The summed E-state index contributed by atoms with van der Waals surface area (Å²) in [5, 5.41) is 3.08. The number of nitrogens with zero attached hydrogens (tertiary/aromatic N) is 1. The molecular weight excluding hydrogens is 333 g/mol. The van der Waals surface area contributed by atoms with Crippen molar-refractivity contribution >= 4 is 30.7 Å². The van der Waals surface area contributed by atoms with E-state index in [-0.39, 0.29) is 36.6 Å². The van der Waals surface area contributed by atoms with Crippen LogP contribution in [-0.2, 0) is 17.9 Å². The molecule has 0 aromatic heterocycles. The number of benzene rings is 1. The van der Waals surface area contributed by atoms with Gasteiger partial charge in [0.1, 0.15) is 0 Å². The highest BCUT2D eigenvalue weighted by molar-refractivity contribution is 5.85. The van der Waals surface area contributed by atoms with E-state index >= 15 is 0 Å². The molecule has 1 aliphatic rings. The molecule has 0 bridgehead atoms. The topological polar surface area (TPSA) is 58.4 Å². The molecule has 1 fully saturated rings. The number of hydrogen-bond donors (Lipinski definition) is 2. The van der Waals surface area contributed by atoms with E-state index in [0.717, 1.165) is 31.4 Å². The van der Waals surface area contributed by atoms with Gasteiger partial charge in [0.15, 0.2) is 0 Å². The van der Waals surface area contributed by atoms with Gasteiger partial charge in [0.05, 0.1) is 0 Å². The van der Waals surface area contributed by atoms with Gasteiger partial charge in [-0.15, -0.1) is 24.8 Å². The molecule has 1 amide bonds. The predicted octanol–water partition coefficient (Wildman–Crippen LogP) is 2.58. The molecule has 4 nitrogen and oxygen atoms in total. The van der Waals surface area contributed by atoms with Gasteiger partial charge >= 0.3 is 0 Å². The van der Waals surface area contributed by atoms with Crippen LogP contribution >= 0.6 is 24.8 Å². The van der Waals surface area contributed by atoms with Crippen molar-refractivity contribution in [2.75, 3.05) is 20.6 Å². The maximum absolute atomic E-state index is 12.3. The first-order valence-electron chi connectivity index (χ1n) is 7.80. The average molecular weight is 362 g/mol. The number of carbonyl (C=O) groups is 1. The van der Waals surface area contributed by atoms with Gasteiger partial charge in [-0.25, -0.2) is 0 Å². The Labute approximate surface area is 152 Å². The molecule has 0 heterocycles. The zero-order valence-corrected chi connectivity index (χ0v) is 15.6. The lowest BCUT2D eigenvalue weighted by molar-refractivity contribution is -0.126. The van der Waals surface area contributed by atoms with Crippen LogP contribution in [0, 0.1) is 11.8 Å². The van der Waals surface area contributed by atoms with Crippen LogP contribution in [0.1, 0.15) is 30.4 Å². The molecule has 132 valence electrons. The van der Waals surface area contributed by atoms with E-state index in [1.807, 2.05) is 0 Å². The number of carbonyl (C=O) groups excluding carboxylic acids is 1. The molecule has 6 heteroatoms. The molecule has 2 rings (SSSR count). The monoisotopic (exact) mass is 361 g/mol. The number of nitrogens with two attached hydrogens (primary N) is 1. The molecule has 0 aliphatic heterocycles. The standard InChI is InChI=1S/C17H27N3O.2ClH/c1-20(2)12-14-6-3-5-13(9-14)11-19-17(21)16-8-4-7-15(16)10-18;;/h3,5-6,9,15-16H,4,7-8,10-12,18H2,1-2H3,(H,19,21);2*1H/t15-,16-;;/m1../s1. The largest absolute Gasteiger partial charge is 0.352 e. The lowest BCUT2D eigenvalue weighted by Gasteiger charge is -2.17. The molecule has 23 heavy (non-hydrogen) atoms. The van der Waals surface area contributed by atoms with Crippen molar-refractivity contribution in [3.05, 3.63) is 35.4 Å². The molecule has 2 atom stereocenters. The van der Waals surface area contributed by atoms with Crippen LogP contribution in [0.2, 0.25) is 0 Å². The van der Waals surface area contributed by atoms with Crippen LogP contribution < -0.4 is 11.1 Å². The van der Waals surface area contributed by atoms with Crippen LogP contribution in [0.25, 0.3) is 0 Å². The van der Waals surface area contributed by atoms with Gasteiger partial charge in [-0.1, -0.05) is 30.7 Å². The maximum atomic E-state index is 12.3. The summed E-state index contributed by atoms with van der Waals surface area (Å²) in [5.41, 5.74) is 8.18. The summed E-state index contributed by atoms with van der Waals surface area (Å²) in [4.78, 5) is 14.4. The zero-order valence-electron chi connectivity index (χ0n) is 14.0. The molecule has 0 unspecified atom stereocenters. The normalized spacial score (nSPS) is 19.8. The molecule has 0 saturated heterocycles. The van der Waals surface area contributed by atoms with Crippen molar-refractivity contribution in [1.29, 1.82) is 0 Å². The Morgan fingerprint density at radius 1 is 1.26 bits per heavy atom. The second-order valence-corrected chi connectivity index (χ2v) is 6.31. The summed E-state index contributed by atoms with van der Waals surface area (Å²) in [6.07, 6.45) is 3.19. The van der Waals surface area contributed by atoms with Crippen LogP contribution in [0.4, 0.5) is 0 Å². The summed E-state index contributed by atoms with van der Waals surface area (Å²) < 4.78 is 0. The Balaban J connectivity index is 0.00000242. The molecule has 3 N–H and O–H groups in total. The Bertz CT molecular complexity index is 483. The molecule has 1 aromatic carbocycles. The highest BCUT2D eigenvalue weighted by Gasteiger charge is 2.31. The molecular formula is C17H29Cl2N3O. The summed E-state index contributed by atoms with van der Waals surface area (Å²) in [7, 11) is 4.11. The second kappa shape index (κ2) is 10.9. The smallest absolute Gasteiger partial charge is 0.223 e. The van der Waals surface area contributed by atoms with Crippen LogP contribution in [0.5, 0.6) is 0 Å². The van der Waals surface area contributed by atoms with E-state index in [9.17, 15) is 4.79 Å². The Hall–Kier alpha value is -0.810. The van der Waals surface area contributed by atoms with E-state index in [1.54, 1.807) is 0 Å². The van der Waals surface area contributed by atoms with Gasteiger partial charge in [0.25, 0.3) is 0 Å². The van der Waals surface area contributed by atoms with Crippen molar-refractivity contribution in [2.24, 2.45) is 17.6 Å². The first-order chi connectivity index (χ1) is 10.1. The van der Waals surface area contributed by atoms with Gasteiger partial charge in [-0.3, -0.25) is 4.79 Å². The Kier molecular flexibility index (Phi) is 10.5. The van der Waals surface area contributed by atoms with Gasteiger partial charge in [-0.2, -0.15) is 0 Å². The minimum atomic E-state index is 0. The van der Waals surface area contributed by atoms with Crippen molar-refractivity contribution in [2.45, 2.75) is 32.4 Å². The first kappa shape index (κ1) is 22.2. The summed E-state index contributed by atoms with van der Waals surface area (Å²) >= 11 is 0. The molecule has 1 aromatic rings. The number of halogens is 2. The molecule has 1 aliphatic carbocycles. The van der Waals surface area contributed by atoms with Crippen molar-refractivity contribution in [1.82, 2.24) is 10.2 Å². The van der Waals surface area contributed by atoms with E-state index in [1.165, 1.54) is 5.56 Å². The average Bonchev–Trinajstić information content (AvgIpc) is 2.93. The number of rotatable bonds is 6. The second-order valence-electron chi connectivity index (χ2n) is 6.31. The fourth-order valence-electron chi connectivity index (χ4n) is 3.19. The predicted molar refractivity (Wildman–Crippen MR) is 100 cm³/mol. The quantitative estimate of drug-likeness (QED) is 0.818. The van der Waals surface area contributed by atoms with Gasteiger partial charge < -0.3 is 16.0 Å². The van der Waals surface area contributed by atoms with E-state index in [0.29, 0.717) is 19.0 Å². The summed E-state index contributed by atoms with van der Waals surface area (Å²) in [6.45, 7) is 2.14. The highest BCUT2D eigenvalue weighted by atomic mass is 35.5. The van der Waals surface area contributed by atoms with Crippen molar-refractivity contribution in [3.63, 3.8) is 0 Å². The number of hydrogen-bond acceptors (Lipinski definition) is 3. The molecule has 0 spiro atoms. The third-order valence-electron chi connectivity index (χ3n) is 4.26. The van der Waals surface area contributed by atoms with Gasteiger partial charge in [0.2, 0.25) is 5.91 Å². The molecule has 1 saturated carbocycles. The van der Waals surface area contributed by atoms with Gasteiger partial charge in [-0.05, 0) is 50.5 Å². The number of nitrogens with one attached hydrogen (secondary N) is 1. The zero-order chi connectivity index (χ0) is 15.2. The van der Waals surface area contributed by atoms with Crippen molar-refractivity contribution < 1.29 is 4.79 Å². The SMILES string of the molecule is CN(C)Cc1cccc(CNC(=O)[C@@H]2CCC[C@@H]2CN)c1.Cl.Cl. The Morgan fingerprint density at radius 2 is 1.96 bits per heavy atom. The lowest BCUT2D eigenvalue weighted by atomic mass is 9.95. The lowest BCUT2D eigenvalue weighted by Crippen LogP contribution is -2.34. The van der Waals surface area contributed by atoms with E-state index < -0.39 is 0 Å². The third kappa shape index (κ3) is 6.68. The number of amides is 1. The van der Waals surface area contributed by atoms with E-state index in [4.69, 9.17) is 5.73 Å². The summed E-state index contributed by atoms with van der Waals surface area (Å²) in [6, 6.07) is 8.40. The minimum absolute atomic E-state index is 0. The van der Waals surface area contributed by atoms with Crippen LogP contribution in [0.15, 0.2) is 24.3 Å². The highest BCUT2D eigenvalue weighted by Crippen LogP contribution is 2.30.